The number of anilines is 1. The predicted octanol–water partition coefficient (Wildman–Crippen LogP) is 3.99. The lowest BCUT2D eigenvalue weighted by Crippen LogP contribution is -2.36. The topological polar surface area (TPSA) is 95.6 Å². The van der Waals surface area contributed by atoms with Gasteiger partial charge >= 0.3 is 6.03 Å². The van der Waals surface area contributed by atoms with Crippen molar-refractivity contribution in [1.29, 1.82) is 5.26 Å². The van der Waals surface area contributed by atoms with Crippen molar-refractivity contribution < 1.29 is 4.79 Å². The summed E-state index contributed by atoms with van der Waals surface area (Å²) in [6.45, 7) is 4.05. The second kappa shape index (κ2) is 8.21. The molecule has 2 N–H and O–H groups in total. The Balaban J connectivity index is 1.43. The lowest BCUT2D eigenvalue weighted by molar-refractivity contribution is 0.250. The lowest BCUT2D eigenvalue weighted by Gasteiger charge is -2.15. The number of benzene rings is 1. The van der Waals surface area contributed by atoms with Gasteiger partial charge < -0.3 is 10.6 Å². The number of pyridine rings is 1. The SMILES string of the molecule is Cc1nn(-c2ccccn2)c(C)c1[C@H]1C=C[C@@H](NC(=O)Nc2cccc(C#N)c2)C1. The van der Waals surface area contributed by atoms with Crippen molar-refractivity contribution in [1.82, 2.24) is 20.1 Å². The fraction of sp³-hybridized carbons (Fsp3) is 0.217. The average Bonchev–Trinajstić information content (AvgIpc) is 3.31. The van der Waals surface area contributed by atoms with Crippen LogP contribution in [0.4, 0.5) is 10.5 Å². The maximum Gasteiger partial charge on any atom is 0.319 e. The van der Waals surface area contributed by atoms with Crippen LogP contribution in [0.5, 0.6) is 0 Å². The molecule has 4 rings (SSSR count). The molecule has 150 valence electrons. The van der Waals surface area contributed by atoms with Gasteiger partial charge in [-0.25, -0.2) is 14.5 Å². The minimum atomic E-state index is -0.294. The van der Waals surface area contributed by atoms with E-state index >= 15 is 0 Å². The third kappa shape index (κ3) is 3.94. The number of hydrogen-bond donors (Lipinski definition) is 2. The molecule has 7 heteroatoms. The van der Waals surface area contributed by atoms with Crippen LogP contribution in [0.3, 0.4) is 0 Å². The van der Waals surface area contributed by atoms with Gasteiger partial charge in [0.1, 0.15) is 0 Å². The highest BCUT2D eigenvalue weighted by atomic mass is 16.2. The van der Waals surface area contributed by atoms with E-state index in [1.807, 2.05) is 42.8 Å². The summed E-state index contributed by atoms with van der Waals surface area (Å²) < 4.78 is 1.87. The van der Waals surface area contributed by atoms with E-state index in [0.717, 1.165) is 23.6 Å². The fourth-order valence-electron chi connectivity index (χ4n) is 3.92. The Morgan fingerprint density at radius 2 is 2.07 bits per heavy atom. The molecule has 0 radical (unpaired) electrons. The van der Waals surface area contributed by atoms with E-state index < -0.39 is 0 Å². The first kappa shape index (κ1) is 19.4. The Morgan fingerprint density at radius 3 is 2.83 bits per heavy atom. The molecule has 2 atom stereocenters. The van der Waals surface area contributed by atoms with E-state index in [2.05, 4.69) is 32.9 Å². The van der Waals surface area contributed by atoms with Crippen molar-refractivity contribution in [2.24, 2.45) is 0 Å². The number of carbonyl (C=O) groups excluding carboxylic acids is 1. The molecule has 0 saturated carbocycles. The molecule has 0 unspecified atom stereocenters. The minimum Gasteiger partial charge on any atom is -0.332 e. The zero-order chi connectivity index (χ0) is 21.1. The van der Waals surface area contributed by atoms with Crippen molar-refractivity contribution >= 4 is 11.7 Å². The van der Waals surface area contributed by atoms with Crippen LogP contribution in [0, 0.1) is 25.2 Å². The number of carbonyl (C=O) groups is 1. The van der Waals surface area contributed by atoms with Crippen LogP contribution in [0.25, 0.3) is 5.82 Å². The molecule has 1 aliphatic carbocycles. The molecule has 3 aromatic rings. The maximum atomic E-state index is 12.4. The van der Waals surface area contributed by atoms with Gasteiger partial charge in [-0.15, -0.1) is 0 Å². The number of allylic oxidation sites excluding steroid dienone is 1. The first-order valence-corrected chi connectivity index (χ1v) is 9.78. The summed E-state index contributed by atoms with van der Waals surface area (Å²) in [6, 6.07) is 14.3. The predicted molar refractivity (Wildman–Crippen MR) is 114 cm³/mol. The fourth-order valence-corrected chi connectivity index (χ4v) is 3.92. The molecular weight excluding hydrogens is 376 g/mol. The van der Waals surface area contributed by atoms with Gasteiger partial charge in [-0.3, -0.25) is 0 Å². The van der Waals surface area contributed by atoms with Gasteiger partial charge in [0, 0.05) is 35.1 Å². The molecule has 2 heterocycles. The summed E-state index contributed by atoms with van der Waals surface area (Å²) in [5.74, 6) is 0.967. The molecule has 0 saturated heterocycles. The third-order valence-electron chi connectivity index (χ3n) is 5.23. The van der Waals surface area contributed by atoms with Gasteiger partial charge in [0.25, 0.3) is 0 Å². The van der Waals surface area contributed by atoms with Crippen molar-refractivity contribution in [2.45, 2.75) is 32.2 Å². The van der Waals surface area contributed by atoms with E-state index in [1.54, 1.807) is 30.5 Å². The van der Waals surface area contributed by atoms with Gasteiger partial charge in [0.15, 0.2) is 5.82 Å². The largest absolute Gasteiger partial charge is 0.332 e. The Kier molecular flexibility index (Phi) is 5.31. The first-order valence-electron chi connectivity index (χ1n) is 9.78. The van der Waals surface area contributed by atoms with Gasteiger partial charge in [-0.1, -0.05) is 24.3 Å². The normalized spacial score (nSPS) is 17.5. The van der Waals surface area contributed by atoms with E-state index in [0.29, 0.717) is 11.3 Å². The average molecular weight is 398 g/mol. The molecule has 0 spiro atoms. The van der Waals surface area contributed by atoms with Crippen molar-refractivity contribution in [3.8, 4) is 11.9 Å². The van der Waals surface area contributed by atoms with Crippen LogP contribution in [0.15, 0.2) is 60.8 Å². The Morgan fingerprint density at radius 1 is 1.20 bits per heavy atom. The number of amides is 2. The quantitative estimate of drug-likeness (QED) is 0.650. The molecule has 2 amide bonds. The summed E-state index contributed by atoms with van der Waals surface area (Å²) in [5, 5.41) is 19.4. The summed E-state index contributed by atoms with van der Waals surface area (Å²) in [5.41, 5.74) is 4.28. The summed E-state index contributed by atoms with van der Waals surface area (Å²) in [6.07, 6.45) is 6.67. The Hall–Kier alpha value is -3.92. The van der Waals surface area contributed by atoms with Gasteiger partial charge in [-0.05, 0) is 50.6 Å². The minimum absolute atomic E-state index is 0.0776. The lowest BCUT2D eigenvalue weighted by atomic mass is 9.96. The summed E-state index contributed by atoms with van der Waals surface area (Å²) in [7, 11) is 0. The maximum absolute atomic E-state index is 12.4. The number of rotatable bonds is 4. The summed E-state index contributed by atoms with van der Waals surface area (Å²) in [4.78, 5) is 16.8. The standard InChI is InChI=1S/C23H22N6O/c1-15-22(16(2)29(28-15)21-8-3-4-11-25-21)18-9-10-20(13-18)27-23(30)26-19-7-5-6-17(12-19)14-24/h3-12,18,20H,13H2,1-2H3,(H2,26,27,30)/t18-,20+/m0/s1. The van der Waals surface area contributed by atoms with Crippen LogP contribution in [0.2, 0.25) is 0 Å². The van der Waals surface area contributed by atoms with E-state index in [4.69, 9.17) is 5.26 Å². The van der Waals surface area contributed by atoms with Gasteiger partial charge in [0.2, 0.25) is 0 Å². The van der Waals surface area contributed by atoms with Gasteiger partial charge in [0.05, 0.1) is 17.3 Å². The van der Waals surface area contributed by atoms with Gasteiger partial charge in [-0.2, -0.15) is 10.4 Å². The molecule has 1 aromatic carbocycles. The number of nitrogens with one attached hydrogen (secondary N) is 2. The van der Waals surface area contributed by atoms with Crippen molar-refractivity contribution in [3.05, 3.63) is 83.3 Å². The molecular formula is C23H22N6O. The van der Waals surface area contributed by atoms with Crippen LogP contribution in [0.1, 0.15) is 34.9 Å². The molecule has 0 aliphatic heterocycles. The highest BCUT2D eigenvalue weighted by molar-refractivity contribution is 5.89. The molecule has 30 heavy (non-hydrogen) atoms. The monoisotopic (exact) mass is 398 g/mol. The second-order valence-electron chi connectivity index (χ2n) is 7.31. The van der Waals surface area contributed by atoms with Crippen molar-refractivity contribution in [2.75, 3.05) is 5.32 Å². The Labute approximate surface area is 175 Å². The number of nitriles is 1. The zero-order valence-electron chi connectivity index (χ0n) is 16.8. The van der Waals surface area contributed by atoms with E-state index in [9.17, 15) is 4.79 Å². The smallest absolute Gasteiger partial charge is 0.319 e. The van der Waals surface area contributed by atoms with Crippen LogP contribution >= 0.6 is 0 Å². The van der Waals surface area contributed by atoms with Crippen LogP contribution in [-0.2, 0) is 0 Å². The van der Waals surface area contributed by atoms with E-state index in [-0.39, 0.29) is 18.0 Å². The zero-order valence-corrected chi connectivity index (χ0v) is 16.8. The molecule has 0 bridgehead atoms. The van der Waals surface area contributed by atoms with E-state index in [1.165, 1.54) is 5.56 Å². The first-order chi connectivity index (χ1) is 14.5. The highest BCUT2D eigenvalue weighted by Gasteiger charge is 2.27. The number of urea groups is 1. The highest BCUT2D eigenvalue weighted by Crippen LogP contribution is 2.33. The number of aryl methyl sites for hydroxylation is 1. The molecule has 1 aliphatic rings. The third-order valence-corrected chi connectivity index (χ3v) is 5.23. The van der Waals surface area contributed by atoms with Crippen LogP contribution < -0.4 is 10.6 Å². The molecule has 7 nitrogen and oxygen atoms in total. The molecule has 2 aromatic heterocycles. The number of hydrogen-bond acceptors (Lipinski definition) is 4. The molecule has 0 fully saturated rings. The number of nitrogens with zero attached hydrogens (tertiary/aromatic N) is 4. The summed E-state index contributed by atoms with van der Waals surface area (Å²) >= 11 is 0. The van der Waals surface area contributed by atoms with Crippen molar-refractivity contribution in [3.63, 3.8) is 0 Å². The van der Waals surface area contributed by atoms with Crippen LogP contribution in [-0.4, -0.2) is 26.8 Å². The second-order valence-corrected chi connectivity index (χ2v) is 7.31. The number of aromatic nitrogens is 3. The Bertz CT molecular complexity index is 1140.